The van der Waals surface area contributed by atoms with Gasteiger partial charge in [-0.25, -0.2) is 0 Å². The number of methoxy groups -OCH3 is 1. The molecule has 2 rings (SSSR count). The largest absolute Gasteiger partial charge is 0.497 e. The van der Waals surface area contributed by atoms with Gasteiger partial charge in [0.05, 0.1) is 12.6 Å². The molecule has 1 aromatic heterocycles. The first-order valence-corrected chi connectivity index (χ1v) is 5.47. The summed E-state index contributed by atoms with van der Waals surface area (Å²) in [5, 5.41) is 0. The van der Waals surface area contributed by atoms with Crippen molar-refractivity contribution in [3.05, 3.63) is 40.3 Å². The van der Waals surface area contributed by atoms with Gasteiger partial charge >= 0.3 is 0 Å². The van der Waals surface area contributed by atoms with Gasteiger partial charge in [-0.15, -0.1) is 11.3 Å². The lowest BCUT2D eigenvalue weighted by Crippen LogP contribution is -1.95. The number of hydrogen-bond acceptors (Lipinski definition) is 4. The molecular formula is C11H12N2OS. The monoisotopic (exact) mass is 220 g/mol. The number of rotatable bonds is 3. The third-order valence-electron chi connectivity index (χ3n) is 2.20. The van der Waals surface area contributed by atoms with Gasteiger partial charge in [0.2, 0.25) is 0 Å². The first-order valence-electron chi connectivity index (χ1n) is 4.59. The lowest BCUT2D eigenvalue weighted by molar-refractivity contribution is 0.415. The highest BCUT2D eigenvalue weighted by Gasteiger charge is 2.03. The van der Waals surface area contributed by atoms with Gasteiger partial charge in [-0.1, -0.05) is 6.07 Å². The van der Waals surface area contributed by atoms with E-state index < -0.39 is 0 Å². The Hall–Kier alpha value is -1.55. The number of nitrogens with two attached hydrogens (primary N) is 1. The summed E-state index contributed by atoms with van der Waals surface area (Å²) >= 11 is 1.64. The topological polar surface area (TPSA) is 48.1 Å². The molecule has 3 nitrogen and oxygen atoms in total. The van der Waals surface area contributed by atoms with Gasteiger partial charge in [-0.2, -0.15) is 0 Å². The summed E-state index contributed by atoms with van der Waals surface area (Å²) < 4.78 is 5.10. The molecule has 0 aliphatic carbocycles. The molecule has 0 fully saturated rings. The molecule has 1 heterocycles. The predicted octanol–water partition coefficient (Wildman–Crippen LogP) is 2.32. The maximum Gasteiger partial charge on any atom is 0.120 e. The Balaban J connectivity index is 2.22. The van der Waals surface area contributed by atoms with Crippen molar-refractivity contribution in [2.24, 2.45) is 0 Å². The van der Waals surface area contributed by atoms with E-state index in [1.54, 1.807) is 18.4 Å². The second-order valence-corrected chi connectivity index (χ2v) is 4.18. The fourth-order valence-electron chi connectivity index (χ4n) is 1.38. The number of benzene rings is 1. The number of nitrogen functional groups attached to an aromatic ring is 1. The van der Waals surface area contributed by atoms with Crippen LogP contribution in [0.5, 0.6) is 5.75 Å². The molecule has 0 aliphatic rings. The quantitative estimate of drug-likeness (QED) is 0.807. The van der Waals surface area contributed by atoms with E-state index >= 15 is 0 Å². The molecule has 0 atom stereocenters. The number of nitrogens with zero attached hydrogens (tertiary/aromatic N) is 1. The molecule has 4 heteroatoms. The fraction of sp³-hybridized carbons (Fsp3) is 0.182. The molecule has 0 saturated carbocycles. The Kier molecular flexibility index (Phi) is 2.87. The van der Waals surface area contributed by atoms with Gasteiger partial charge in [-0.3, -0.25) is 4.98 Å². The molecule has 2 aromatic rings. The summed E-state index contributed by atoms with van der Waals surface area (Å²) in [6, 6.07) is 5.76. The number of aromatic nitrogens is 1. The van der Waals surface area contributed by atoms with Gasteiger partial charge in [0, 0.05) is 29.2 Å². The fourth-order valence-corrected chi connectivity index (χ4v) is 2.00. The van der Waals surface area contributed by atoms with Crippen LogP contribution in [0.4, 0.5) is 5.69 Å². The Labute approximate surface area is 92.5 Å². The molecule has 0 aliphatic heterocycles. The summed E-state index contributed by atoms with van der Waals surface area (Å²) in [6.45, 7) is 0. The normalized spacial score (nSPS) is 10.2. The zero-order valence-electron chi connectivity index (χ0n) is 8.43. The van der Waals surface area contributed by atoms with Crippen LogP contribution in [0.3, 0.4) is 0 Å². The van der Waals surface area contributed by atoms with E-state index in [0.717, 1.165) is 23.4 Å². The number of anilines is 1. The van der Waals surface area contributed by atoms with Crippen LogP contribution in [0.1, 0.15) is 10.4 Å². The van der Waals surface area contributed by atoms with E-state index in [1.807, 2.05) is 29.9 Å². The smallest absolute Gasteiger partial charge is 0.120 e. The lowest BCUT2D eigenvalue weighted by Gasteiger charge is -2.06. The molecule has 2 N–H and O–H groups in total. The first kappa shape index (κ1) is 9.98. The number of hydrogen-bond donors (Lipinski definition) is 1. The third-order valence-corrected chi connectivity index (χ3v) is 2.98. The summed E-state index contributed by atoms with van der Waals surface area (Å²) in [7, 11) is 1.64. The van der Waals surface area contributed by atoms with E-state index in [4.69, 9.17) is 10.5 Å². The van der Waals surface area contributed by atoms with Gasteiger partial charge in [-0.05, 0) is 11.6 Å². The van der Waals surface area contributed by atoms with E-state index in [2.05, 4.69) is 4.98 Å². The molecule has 1 aromatic carbocycles. The van der Waals surface area contributed by atoms with Crippen molar-refractivity contribution in [2.45, 2.75) is 6.42 Å². The molecule has 0 unspecified atom stereocenters. The van der Waals surface area contributed by atoms with Crippen LogP contribution in [0.15, 0.2) is 29.9 Å². The standard InChI is InChI=1S/C11H12N2OS/c1-14-9-3-2-8(11(12)5-9)4-10-6-13-7-15-10/h2-3,5-7H,4,12H2,1H3. The van der Waals surface area contributed by atoms with Crippen molar-refractivity contribution in [1.29, 1.82) is 0 Å². The van der Waals surface area contributed by atoms with Crippen LogP contribution in [0.2, 0.25) is 0 Å². The molecule has 0 amide bonds. The zero-order valence-corrected chi connectivity index (χ0v) is 9.25. The van der Waals surface area contributed by atoms with Crippen LogP contribution in [0, 0.1) is 0 Å². The highest BCUT2D eigenvalue weighted by Crippen LogP contribution is 2.23. The molecular weight excluding hydrogens is 208 g/mol. The Bertz CT molecular complexity index is 440. The van der Waals surface area contributed by atoms with Crippen LogP contribution in [-0.2, 0) is 6.42 Å². The van der Waals surface area contributed by atoms with Crippen LogP contribution >= 0.6 is 11.3 Å². The van der Waals surface area contributed by atoms with Crippen LogP contribution in [-0.4, -0.2) is 12.1 Å². The minimum Gasteiger partial charge on any atom is -0.497 e. The van der Waals surface area contributed by atoms with Gasteiger partial charge < -0.3 is 10.5 Å². The molecule has 0 radical (unpaired) electrons. The van der Waals surface area contributed by atoms with Gasteiger partial charge in [0.25, 0.3) is 0 Å². The summed E-state index contributed by atoms with van der Waals surface area (Å²) in [4.78, 5) is 5.25. The van der Waals surface area contributed by atoms with E-state index in [0.29, 0.717) is 0 Å². The second-order valence-electron chi connectivity index (χ2n) is 3.21. The van der Waals surface area contributed by atoms with E-state index in [-0.39, 0.29) is 0 Å². The molecule has 0 saturated heterocycles. The van der Waals surface area contributed by atoms with Gasteiger partial charge in [0.1, 0.15) is 5.75 Å². The lowest BCUT2D eigenvalue weighted by atomic mass is 10.1. The predicted molar refractivity (Wildman–Crippen MR) is 62.3 cm³/mol. The highest BCUT2D eigenvalue weighted by atomic mass is 32.1. The second kappa shape index (κ2) is 4.31. The minimum atomic E-state index is 0.766. The van der Waals surface area contributed by atoms with Crippen molar-refractivity contribution < 1.29 is 4.74 Å². The maximum absolute atomic E-state index is 5.92. The Morgan fingerprint density at radius 3 is 2.93 bits per heavy atom. The first-order chi connectivity index (χ1) is 7.29. The minimum absolute atomic E-state index is 0.766. The Morgan fingerprint density at radius 2 is 2.33 bits per heavy atom. The summed E-state index contributed by atoms with van der Waals surface area (Å²) in [5.74, 6) is 0.792. The molecule has 15 heavy (non-hydrogen) atoms. The Morgan fingerprint density at radius 1 is 1.47 bits per heavy atom. The number of ether oxygens (including phenoxy) is 1. The summed E-state index contributed by atoms with van der Waals surface area (Å²) in [5.41, 5.74) is 9.62. The molecule has 0 bridgehead atoms. The van der Waals surface area contributed by atoms with Gasteiger partial charge in [0.15, 0.2) is 0 Å². The molecule has 78 valence electrons. The van der Waals surface area contributed by atoms with E-state index in [9.17, 15) is 0 Å². The maximum atomic E-state index is 5.92. The van der Waals surface area contributed by atoms with Crippen molar-refractivity contribution in [3.8, 4) is 5.75 Å². The average molecular weight is 220 g/mol. The van der Waals surface area contributed by atoms with E-state index in [1.165, 1.54) is 4.88 Å². The number of thiazole rings is 1. The average Bonchev–Trinajstić information content (AvgIpc) is 2.74. The van der Waals surface area contributed by atoms with Crippen molar-refractivity contribution in [2.75, 3.05) is 12.8 Å². The highest BCUT2D eigenvalue weighted by molar-refractivity contribution is 7.09. The van der Waals surface area contributed by atoms with Crippen LogP contribution < -0.4 is 10.5 Å². The summed E-state index contributed by atoms with van der Waals surface area (Å²) in [6.07, 6.45) is 2.70. The zero-order chi connectivity index (χ0) is 10.7. The van der Waals surface area contributed by atoms with Crippen molar-refractivity contribution in [1.82, 2.24) is 4.98 Å². The van der Waals surface area contributed by atoms with Crippen molar-refractivity contribution in [3.63, 3.8) is 0 Å². The third kappa shape index (κ3) is 2.27. The van der Waals surface area contributed by atoms with Crippen molar-refractivity contribution >= 4 is 17.0 Å². The molecule has 0 spiro atoms. The SMILES string of the molecule is COc1ccc(Cc2cncs2)c(N)c1. The van der Waals surface area contributed by atoms with Crippen LogP contribution in [0.25, 0.3) is 0 Å².